The van der Waals surface area contributed by atoms with Crippen molar-refractivity contribution >= 4 is 11.8 Å². The molecule has 0 radical (unpaired) electrons. The number of likely N-dealkylation sites (N-methyl/N-ethyl adjacent to an activating group) is 1. The third kappa shape index (κ3) is 4.74. The smallest absolute Gasteiger partial charge is 0.411 e. The lowest BCUT2D eigenvalue weighted by molar-refractivity contribution is 0.0187. The molecule has 1 fully saturated rings. The summed E-state index contributed by atoms with van der Waals surface area (Å²) in [5, 5.41) is 11.1. The normalized spacial score (nSPS) is 20.2. The molecule has 0 aliphatic carbocycles. The molecule has 1 saturated heterocycles. The molecule has 7 heteroatoms. The number of anilines is 1. The average Bonchev–Trinajstić information content (AvgIpc) is 3.09. The Kier molecular flexibility index (Phi) is 6.14. The Morgan fingerprint density at radius 3 is 2.59 bits per heavy atom. The van der Waals surface area contributed by atoms with Crippen LogP contribution in [0, 0.1) is 0 Å². The molecule has 32 heavy (non-hydrogen) atoms. The van der Waals surface area contributed by atoms with Crippen molar-refractivity contribution in [2.24, 2.45) is 0 Å². The fourth-order valence-electron chi connectivity index (χ4n) is 4.35. The monoisotopic (exact) mass is 438 g/mol. The summed E-state index contributed by atoms with van der Waals surface area (Å²) >= 11 is 0. The number of fused-ring (bicyclic) bond motifs is 1. The quantitative estimate of drug-likeness (QED) is 0.788. The molecule has 2 aliphatic heterocycles. The van der Waals surface area contributed by atoms with Crippen LogP contribution < -0.4 is 4.90 Å². The number of amides is 1. The van der Waals surface area contributed by atoms with E-state index in [9.17, 15) is 9.90 Å². The first kappa shape index (κ1) is 22.6. The summed E-state index contributed by atoms with van der Waals surface area (Å²) in [4.78, 5) is 23.6. The van der Waals surface area contributed by atoms with Gasteiger partial charge in [0.25, 0.3) is 0 Å². The first-order valence-corrected chi connectivity index (χ1v) is 11.3. The van der Waals surface area contributed by atoms with Gasteiger partial charge in [0, 0.05) is 38.1 Å². The van der Waals surface area contributed by atoms with E-state index in [1.807, 2.05) is 45.9 Å². The highest BCUT2D eigenvalue weighted by Gasteiger charge is 2.34. The van der Waals surface area contributed by atoms with Crippen molar-refractivity contribution in [3.05, 3.63) is 58.9 Å². The van der Waals surface area contributed by atoms with Crippen molar-refractivity contribution < 1.29 is 14.6 Å². The van der Waals surface area contributed by atoms with Crippen LogP contribution in [0.15, 0.2) is 36.5 Å². The van der Waals surface area contributed by atoms with Crippen LogP contribution in [0.25, 0.3) is 0 Å². The van der Waals surface area contributed by atoms with Crippen LogP contribution in [-0.4, -0.2) is 64.8 Å². The largest absolute Gasteiger partial charge is 0.444 e. The molecular formula is C25H34N4O3. The van der Waals surface area contributed by atoms with Gasteiger partial charge in [-0.3, -0.25) is 9.88 Å². The second-order valence-corrected chi connectivity index (χ2v) is 9.88. The molecule has 2 aromatic rings. The van der Waals surface area contributed by atoms with Crippen molar-refractivity contribution in [1.82, 2.24) is 14.8 Å². The molecule has 0 spiro atoms. The molecular weight excluding hydrogens is 404 g/mol. The second kappa shape index (κ2) is 8.71. The van der Waals surface area contributed by atoms with Crippen LogP contribution in [0.3, 0.4) is 0 Å². The summed E-state index contributed by atoms with van der Waals surface area (Å²) in [6, 6.07) is 9.89. The SMILES string of the molecule is CC1c2cnc(C(O)c3cccc(N4CCN(C)CC4)c3)cc2CN1C(=O)OC(C)(C)C. The molecule has 2 atom stereocenters. The molecule has 0 bridgehead atoms. The van der Waals surface area contributed by atoms with Crippen LogP contribution in [0.4, 0.5) is 10.5 Å². The van der Waals surface area contributed by atoms with Crippen LogP contribution in [0.1, 0.15) is 62.2 Å². The Morgan fingerprint density at radius 2 is 1.91 bits per heavy atom. The number of rotatable bonds is 3. The van der Waals surface area contributed by atoms with E-state index in [2.05, 4.69) is 34.0 Å². The standard InChI is InChI=1S/C25H34N4O3/c1-17-21-15-26-22(14-19(21)16-29(17)24(31)32-25(2,3)4)23(30)18-7-6-8-20(13-18)28-11-9-27(5)10-12-28/h6-8,13-15,17,23,30H,9-12,16H2,1-5H3. The van der Waals surface area contributed by atoms with E-state index in [0.29, 0.717) is 12.2 Å². The van der Waals surface area contributed by atoms with E-state index in [1.54, 1.807) is 11.1 Å². The minimum atomic E-state index is -0.821. The van der Waals surface area contributed by atoms with E-state index >= 15 is 0 Å². The zero-order valence-corrected chi connectivity index (χ0v) is 19.7. The number of nitrogens with zero attached hydrogens (tertiary/aromatic N) is 4. The number of carbonyl (C=O) groups excluding carboxylic acids is 1. The number of aromatic nitrogens is 1. The lowest BCUT2D eigenvalue weighted by Gasteiger charge is -2.34. The maximum atomic E-state index is 12.6. The van der Waals surface area contributed by atoms with Gasteiger partial charge in [-0.1, -0.05) is 12.1 Å². The topological polar surface area (TPSA) is 69.1 Å². The van der Waals surface area contributed by atoms with Gasteiger partial charge < -0.3 is 19.6 Å². The maximum absolute atomic E-state index is 12.6. The lowest BCUT2D eigenvalue weighted by atomic mass is 10.0. The molecule has 3 heterocycles. The molecule has 1 N–H and O–H groups in total. The van der Waals surface area contributed by atoms with Gasteiger partial charge in [0.2, 0.25) is 0 Å². The first-order valence-electron chi connectivity index (χ1n) is 11.3. The van der Waals surface area contributed by atoms with Crippen LogP contribution in [0.2, 0.25) is 0 Å². The maximum Gasteiger partial charge on any atom is 0.411 e. The summed E-state index contributed by atoms with van der Waals surface area (Å²) in [6.07, 6.45) is 0.634. The van der Waals surface area contributed by atoms with Crippen molar-refractivity contribution in [2.45, 2.75) is 52.0 Å². The minimum Gasteiger partial charge on any atom is -0.444 e. The van der Waals surface area contributed by atoms with Gasteiger partial charge in [-0.25, -0.2) is 4.79 Å². The lowest BCUT2D eigenvalue weighted by Crippen LogP contribution is -2.44. The Bertz CT molecular complexity index is 979. The molecule has 7 nitrogen and oxygen atoms in total. The summed E-state index contributed by atoms with van der Waals surface area (Å²) < 4.78 is 5.56. The molecule has 2 aliphatic rings. The fraction of sp³-hybridized carbons (Fsp3) is 0.520. The van der Waals surface area contributed by atoms with Gasteiger partial charge in [-0.05, 0) is 69.6 Å². The zero-order chi connectivity index (χ0) is 23.0. The highest BCUT2D eigenvalue weighted by Crippen LogP contribution is 2.36. The highest BCUT2D eigenvalue weighted by molar-refractivity contribution is 5.70. The first-order chi connectivity index (χ1) is 15.1. The van der Waals surface area contributed by atoms with E-state index in [-0.39, 0.29) is 12.1 Å². The van der Waals surface area contributed by atoms with Crippen molar-refractivity contribution in [2.75, 3.05) is 38.1 Å². The number of carbonyl (C=O) groups is 1. The molecule has 4 rings (SSSR count). The van der Waals surface area contributed by atoms with Crippen LogP contribution >= 0.6 is 0 Å². The number of piperazine rings is 1. The number of hydrogen-bond donors (Lipinski definition) is 1. The number of pyridine rings is 1. The Morgan fingerprint density at radius 1 is 1.19 bits per heavy atom. The molecule has 2 unspecified atom stereocenters. The molecule has 1 amide bonds. The van der Waals surface area contributed by atoms with Crippen LogP contribution in [-0.2, 0) is 11.3 Å². The predicted molar refractivity (Wildman–Crippen MR) is 125 cm³/mol. The predicted octanol–water partition coefficient (Wildman–Crippen LogP) is 3.73. The van der Waals surface area contributed by atoms with Gasteiger partial charge in [0.05, 0.1) is 18.3 Å². The third-order valence-corrected chi connectivity index (χ3v) is 6.27. The highest BCUT2D eigenvalue weighted by atomic mass is 16.6. The van der Waals surface area contributed by atoms with Crippen molar-refractivity contribution in [1.29, 1.82) is 0 Å². The number of aliphatic hydroxyl groups excluding tert-OH is 1. The zero-order valence-electron chi connectivity index (χ0n) is 19.7. The average molecular weight is 439 g/mol. The fourth-order valence-corrected chi connectivity index (χ4v) is 4.35. The van der Waals surface area contributed by atoms with Crippen LogP contribution in [0.5, 0.6) is 0 Å². The van der Waals surface area contributed by atoms with E-state index in [4.69, 9.17) is 4.74 Å². The van der Waals surface area contributed by atoms with Crippen molar-refractivity contribution in [3.63, 3.8) is 0 Å². The Hall–Kier alpha value is -2.64. The van der Waals surface area contributed by atoms with E-state index in [0.717, 1.165) is 48.6 Å². The Labute approximate surface area is 190 Å². The summed E-state index contributed by atoms with van der Waals surface area (Å²) in [5.41, 5.74) is 4.00. The second-order valence-electron chi connectivity index (χ2n) is 9.88. The summed E-state index contributed by atoms with van der Waals surface area (Å²) in [6.45, 7) is 12.1. The summed E-state index contributed by atoms with van der Waals surface area (Å²) in [5.74, 6) is 0. The molecule has 1 aromatic carbocycles. The molecule has 172 valence electrons. The van der Waals surface area contributed by atoms with Gasteiger partial charge in [-0.2, -0.15) is 0 Å². The third-order valence-electron chi connectivity index (χ3n) is 6.27. The minimum absolute atomic E-state index is 0.112. The number of hydrogen-bond acceptors (Lipinski definition) is 6. The van der Waals surface area contributed by atoms with Gasteiger partial charge >= 0.3 is 6.09 Å². The van der Waals surface area contributed by atoms with Crippen molar-refractivity contribution in [3.8, 4) is 0 Å². The van der Waals surface area contributed by atoms with Gasteiger partial charge in [0.1, 0.15) is 11.7 Å². The number of aliphatic hydroxyl groups is 1. The number of benzene rings is 1. The summed E-state index contributed by atoms with van der Waals surface area (Å²) in [7, 11) is 2.14. The van der Waals surface area contributed by atoms with Gasteiger partial charge in [-0.15, -0.1) is 0 Å². The Balaban J connectivity index is 1.51. The van der Waals surface area contributed by atoms with E-state index in [1.165, 1.54) is 0 Å². The van der Waals surface area contributed by atoms with Gasteiger partial charge in [0.15, 0.2) is 0 Å². The van der Waals surface area contributed by atoms with E-state index < -0.39 is 11.7 Å². The molecule has 0 saturated carbocycles. The number of ether oxygens (including phenoxy) is 1. The molecule has 1 aromatic heterocycles.